The van der Waals surface area contributed by atoms with Crippen molar-refractivity contribution in [2.24, 2.45) is 0 Å². The van der Waals surface area contributed by atoms with E-state index >= 15 is 0 Å². The number of nitrogens with zero attached hydrogens (tertiary/aromatic N) is 1. The van der Waals surface area contributed by atoms with Gasteiger partial charge < -0.3 is 19.7 Å². The number of carbonyl (C=O) groups excluding carboxylic acids is 2. The number of hydrogen-bond acceptors (Lipinski definition) is 4. The van der Waals surface area contributed by atoms with E-state index in [9.17, 15) is 9.59 Å². The van der Waals surface area contributed by atoms with Gasteiger partial charge in [-0.05, 0) is 29.2 Å². The number of fused-ring (bicyclic) bond motifs is 1. The monoisotopic (exact) mass is 382 g/mol. The van der Waals surface area contributed by atoms with E-state index in [4.69, 9.17) is 9.47 Å². The van der Waals surface area contributed by atoms with Gasteiger partial charge in [-0.3, -0.25) is 9.59 Å². The fraction of sp³-hybridized carbons (Fsp3) is 0.364. The zero-order chi connectivity index (χ0) is 20.3. The standard InChI is InChI=1S/C22H26N2O4/c1-15(25)24(16-9-10-19-20(13-16)28-12-11-27-19)14-21(26)23-18-8-6-5-7-17(18)22(2,3)4/h5-10,13H,11-12,14H2,1-4H3,(H,23,26). The molecule has 0 fully saturated rings. The first-order valence-corrected chi connectivity index (χ1v) is 9.33. The van der Waals surface area contributed by atoms with Crippen molar-refractivity contribution in [2.75, 3.05) is 30.0 Å². The molecule has 1 heterocycles. The number of benzene rings is 2. The zero-order valence-corrected chi connectivity index (χ0v) is 16.7. The molecule has 148 valence electrons. The van der Waals surface area contributed by atoms with Crippen LogP contribution in [0.2, 0.25) is 0 Å². The van der Waals surface area contributed by atoms with Crippen LogP contribution in [0.5, 0.6) is 11.5 Å². The van der Waals surface area contributed by atoms with E-state index in [0.29, 0.717) is 30.4 Å². The maximum Gasteiger partial charge on any atom is 0.244 e. The molecule has 6 heteroatoms. The quantitative estimate of drug-likeness (QED) is 0.875. The maximum atomic E-state index is 12.7. The lowest BCUT2D eigenvalue weighted by molar-refractivity contribution is -0.120. The van der Waals surface area contributed by atoms with Crippen molar-refractivity contribution in [3.05, 3.63) is 48.0 Å². The van der Waals surface area contributed by atoms with Crippen LogP contribution in [0.25, 0.3) is 0 Å². The molecule has 2 aromatic rings. The minimum atomic E-state index is -0.262. The molecule has 0 atom stereocenters. The van der Waals surface area contributed by atoms with Crippen LogP contribution in [0.3, 0.4) is 0 Å². The molecule has 0 radical (unpaired) electrons. The summed E-state index contributed by atoms with van der Waals surface area (Å²) in [5.41, 5.74) is 2.28. The van der Waals surface area contributed by atoms with E-state index in [-0.39, 0.29) is 23.8 Å². The number of anilines is 2. The van der Waals surface area contributed by atoms with Gasteiger partial charge in [0.1, 0.15) is 19.8 Å². The van der Waals surface area contributed by atoms with Gasteiger partial charge in [0.05, 0.1) is 0 Å². The summed E-state index contributed by atoms with van der Waals surface area (Å²) in [6.45, 7) is 8.58. The average Bonchev–Trinajstić information content (AvgIpc) is 2.65. The summed E-state index contributed by atoms with van der Waals surface area (Å²) in [6, 6.07) is 13.0. The third-order valence-electron chi connectivity index (χ3n) is 4.53. The molecule has 0 spiro atoms. The molecule has 0 unspecified atom stereocenters. The van der Waals surface area contributed by atoms with Crippen molar-refractivity contribution in [1.29, 1.82) is 0 Å². The largest absolute Gasteiger partial charge is 0.486 e. The number of hydrogen-bond donors (Lipinski definition) is 1. The van der Waals surface area contributed by atoms with E-state index in [1.807, 2.05) is 24.3 Å². The fourth-order valence-electron chi connectivity index (χ4n) is 3.16. The number of nitrogens with one attached hydrogen (secondary N) is 1. The highest BCUT2D eigenvalue weighted by Gasteiger charge is 2.22. The summed E-state index contributed by atoms with van der Waals surface area (Å²) in [6.07, 6.45) is 0. The summed E-state index contributed by atoms with van der Waals surface area (Å²) in [7, 11) is 0. The molecule has 0 aromatic heterocycles. The second-order valence-electron chi connectivity index (χ2n) is 7.78. The Balaban J connectivity index is 1.79. The Morgan fingerprint density at radius 1 is 1.04 bits per heavy atom. The Morgan fingerprint density at radius 3 is 2.39 bits per heavy atom. The van der Waals surface area contributed by atoms with Crippen LogP contribution in [0, 0.1) is 0 Å². The molecule has 0 bridgehead atoms. The summed E-state index contributed by atoms with van der Waals surface area (Å²) in [4.78, 5) is 26.3. The Morgan fingerprint density at radius 2 is 1.71 bits per heavy atom. The SMILES string of the molecule is CC(=O)N(CC(=O)Nc1ccccc1C(C)(C)C)c1ccc2c(c1)OCCO2. The van der Waals surface area contributed by atoms with Crippen LogP contribution < -0.4 is 19.7 Å². The van der Waals surface area contributed by atoms with E-state index in [1.54, 1.807) is 18.2 Å². The highest BCUT2D eigenvalue weighted by Crippen LogP contribution is 2.34. The van der Waals surface area contributed by atoms with Crippen molar-refractivity contribution >= 4 is 23.2 Å². The van der Waals surface area contributed by atoms with Gasteiger partial charge in [-0.1, -0.05) is 39.0 Å². The second kappa shape index (κ2) is 7.92. The minimum Gasteiger partial charge on any atom is -0.486 e. The molecule has 2 aromatic carbocycles. The molecular formula is C22H26N2O4. The number of carbonyl (C=O) groups is 2. The molecular weight excluding hydrogens is 356 g/mol. The first-order valence-electron chi connectivity index (χ1n) is 9.33. The highest BCUT2D eigenvalue weighted by molar-refractivity contribution is 6.02. The first-order chi connectivity index (χ1) is 13.3. The van der Waals surface area contributed by atoms with E-state index in [0.717, 1.165) is 11.3 Å². The number of para-hydroxylation sites is 1. The van der Waals surface area contributed by atoms with Gasteiger partial charge >= 0.3 is 0 Å². The molecule has 2 amide bonds. The molecule has 0 saturated heterocycles. The van der Waals surface area contributed by atoms with Crippen LogP contribution in [0.1, 0.15) is 33.3 Å². The topological polar surface area (TPSA) is 67.9 Å². The molecule has 1 aliphatic heterocycles. The van der Waals surface area contributed by atoms with Crippen LogP contribution in [0.15, 0.2) is 42.5 Å². The van der Waals surface area contributed by atoms with E-state index in [1.165, 1.54) is 11.8 Å². The maximum absolute atomic E-state index is 12.7. The van der Waals surface area contributed by atoms with Gasteiger partial charge in [-0.2, -0.15) is 0 Å². The third-order valence-corrected chi connectivity index (χ3v) is 4.53. The number of amides is 2. The average molecular weight is 382 g/mol. The van der Waals surface area contributed by atoms with Crippen LogP contribution >= 0.6 is 0 Å². The zero-order valence-electron chi connectivity index (χ0n) is 16.7. The lowest BCUT2D eigenvalue weighted by Crippen LogP contribution is -2.37. The van der Waals surface area contributed by atoms with Gasteiger partial charge in [0, 0.05) is 24.4 Å². The van der Waals surface area contributed by atoms with Gasteiger partial charge in [-0.25, -0.2) is 0 Å². The predicted octanol–water partition coefficient (Wildman–Crippen LogP) is 3.75. The molecule has 6 nitrogen and oxygen atoms in total. The smallest absolute Gasteiger partial charge is 0.244 e. The van der Waals surface area contributed by atoms with Crippen molar-refractivity contribution in [3.63, 3.8) is 0 Å². The summed E-state index contributed by atoms with van der Waals surface area (Å²) in [5.74, 6) is 0.730. The number of ether oxygens (including phenoxy) is 2. The van der Waals surface area contributed by atoms with E-state index < -0.39 is 0 Å². The first kappa shape index (κ1) is 19.7. The Hall–Kier alpha value is -3.02. The summed E-state index contributed by atoms with van der Waals surface area (Å²) in [5, 5.41) is 2.95. The molecule has 1 aliphatic rings. The van der Waals surface area contributed by atoms with Crippen LogP contribution in [-0.2, 0) is 15.0 Å². The van der Waals surface area contributed by atoms with Crippen molar-refractivity contribution < 1.29 is 19.1 Å². The number of rotatable bonds is 4. The van der Waals surface area contributed by atoms with Crippen LogP contribution in [0.4, 0.5) is 11.4 Å². The van der Waals surface area contributed by atoms with Crippen molar-refractivity contribution in [3.8, 4) is 11.5 Å². The lowest BCUT2D eigenvalue weighted by Gasteiger charge is -2.25. The van der Waals surface area contributed by atoms with Crippen LogP contribution in [-0.4, -0.2) is 31.6 Å². The molecule has 1 N–H and O–H groups in total. The summed E-state index contributed by atoms with van der Waals surface area (Å²) < 4.78 is 11.1. The molecule has 0 aliphatic carbocycles. The normalized spacial score (nSPS) is 13.0. The van der Waals surface area contributed by atoms with Gasteiger partial charge in [-0.15, -0.1) is 0 Å². The minimum absolute atomic E-state index is 0.0898. The third kappa shape index (κ3) is 4.44. The predicted molar refractivity (Wildman–Crippen MR) is 109 cm³/mol. The summed E-state index contributed by atoms with van der Waals surface area (Å²) >= 11 is 0. The Bertz CT molecular complexity index is 886. The second-order valence-corrected chi connectivity index (χ2v) is 7.78. The van der Waals surface area contributed by atoms with Gasteiger partial charge in [0.15, 0.2) is 11.5 Å². The molecule has 28 heavy (non-hydrogen) atoms. The lowest BCUT2D eigenvalue weighted by atomic mass is 9.86. The Labute approximate surface area is 165 Å². The molecule has 0 saturated carbocycles. The Kier molecular flexibility index (Phi) is 5.58. The van der Waals surface area contributed by atoms with Gasteiger partial charge in [0.25, 0.3) is 0 Å². The molecule has 3 rings (SSSR count). The van der Waals surface area contributed by atoms with Gasteiger partial charge in [0.2, 0.25) is 11.8 Å². The highest BCUT2D eigenvalue weighted by atomic mass is 16.6. The fourth-order valence-corrected chi connectivity index (χ4v) is 3.16. The van der Waals surface area contributed by atoms with Crippen molar-refractivity contribution in [2.45, 2.75) is 33.1 Å². The van der Waals surface area contributed by atoms with E-state index in [2.05, 4.69) is 26.1 Å². The van der Waals surface area contributed by atoms with Crippen molar-refractivity contribution in [1.82, 2.24) is 0 Å².